The average molecular weight is 279 g/mol. The molecule has 0 saturated heterocycles. The SMILES string of the molecule is COCCNC(=O)Nc1nc2c(C)cc(C)cc2s1. The first-order valence-electron chi connectivity index (χ1n) is 6.01. The summed E-state index contributed by atoms with van der Waals surface area (Å²) in [7, 11) is 1.60. The van der Waals surface area contributed by atoms with E-state index >= 15 is 0 Å². The van der Waals surface area contributed by atoms with E-state index in [0.29, 0.717) is 18.3 Å². The number of carbonyl (C=O) groups excluding carboxylic acids is 1. The van der Waals surface area contributed by atoms with Gasteiger partial charge in [0.1, 0.15) is 0 Å². The maximum absolute atomic E-state index is 11.6. The van der Waals surface area contributed by atoms with Crippen LogP contribution < -0.4 is 10.6 Å². The van der Waals surface area contributed by atoms with Gasteiger partial charge in [0.2, 0.25) is 0 Å². The van der Waals surface area contributed by atoms with Crippen molar-refractivity contribution in [3.05, 3.63) is 23.3 Å². The molecule has 0 unspecified atom stereocenters. The Kier molecular flexibility index (Phi) is 4.34. The monoisotopic (exact) mass is 279 g/mol. The molecule has 1 aromatic carbocycles. The second-order valence-corrected chi connectivity index (χ2v) is 5.35. The zero-order chi connectivity index (χ0) is 13.8. The molecular formula is C13H17N3O2S. The van der Waals surface area contributed by atoms with Crippen molar-refractivity contribution in [1.29, 1.82) is 0 Å². The number of benzene rings is 1. The lowest BCUT2D eigenvalue weighted by Crippen LogP contribution is -2.31. The Bertz CT molecular complexity index is 595. The second kappa shape index (κ2) is 5.99. The Morgan fingerprint density at radius 1 is 1.42 bits per heavy atom. The van der Waals surface area contributed by atoms with Crippen molar-refractivity contribution in [1.82, 2.24) is 10.3 Å². The van der Waals surface area contributed by atoms with Crippen LogP contribution in [0.4, 0.5) is 9.93 Å². The molecule has 2 rings (SSSR count). The normalized spacial score (nSPS) is 10.7. The lowest BCUT2D eigenvalue weighted by Gasteiger charge is -2.03. The van der Waals surface area contributed by atoms with Crippen LogP contribution in [-0.4, -0.2) is 31.3 Å². The summed E-state index contributed by atoms with van der Waals surface area (Å²) in [5.41, 5.74) is 3.27. The molecule has 1 aromatic heterocycles. The van der Waals surface area contributed by atoms with Crippen molar-refractivity contribution in [2.45, 2.75) is 13.8 Å². The lowest BCUT2D eigenvalue weighted by molar-refractivity contribution is 0.198. The quantitative estimate of drug-likeness (QED) is 0.846. The molecule has 0 aliphatic carbocycles. The molecule has 0 spiro atoms. The number of nitrogens with one attached hydrogen (secondary N) is 2. The third-order valence-corrected chi connectivity index (χ3v) is 3.56. The highest BCUT2D eigenvalue weighted by Gasteiger charge is 2.09. The smallest absolute Gasteiger partial charge is 0.321 e. The van der Waals surface area contributed by atoms with Gasteiger partial charge >= 0.3 is 6.03 Å². The number of hydrogen-bond acceptors (Lipinski definition) is 4. The standard InChI is InChI=1S/C13H17N3O2S/c1-8-6-9(2)11-10(7-8)19-13(15-11)16-12(17)14-4-5-18-3/h6-7H,4-5H2,1-3H3,(H2,14,15,16,17). The van der Waals surface area contributed by atoms with Gasteiger partial charge < -0.3 is 10.1 Å². The van der Waals surface area contributed by atoms with Crippen LogP contribution in [0.1, 0.15) is 11.1 Å². The highest BCUT2D eigenvalue weighted by molar-refractivity contribution is 7.22. The minimum absolute atomic E-state index is 0.259. The van der Waals surface area contributed by atoms with Gasteiger partial charge in [-0.1, -0.05) is 17.4 Å². The molecule has 2 N–H and O–H groups in total. The van der Waals surface area contributed by atoms with E-state index in [2.05, 4.69) is 34.7 Å². The Morgan fingerprint density at radius 3 is 2.95 bits per heavy atom. The van der Waals surface area contributed by atoms with E-state index in [9.17, 15) is 4.79 Å². The number of carbonyl (C=O) groups is 1. The molecule has 0 fully saturated rings. The van der Waals surface area contributed by atoms with Gasteiger partial charge in [0.05, 0.1) is 16.8 Å². The van der Waals surface area contributed by atoms with E-state index in [1.54, 1.807) is 7.11 Å². The maximum Gasteiger partial charge on any atom is 0.321 e. The fraction of sp³-hybridized carbons (Fsp3) is 0.385. The van der Waals surface area contributed by atoms with Crippen molar-refractivity contribution >= 4 is 32.7 Å². The van der Waals surface area contributed by atoms with E-state index < -0.39 is 0 Å². The fourth-order valence-electron chi connectivity index (χ4n) is 1.83. The molecule has 6 heteroatoms. The van der Waals surface area contributed by atoms with Crippen LogP contribution in [-0.2, 0) is 4.74 Å². The molecular weight excluding hydrogens is 262 g/mol. The molecule has 0 radical (unpaired) electrons. The first kappa shape index (κ1) is 13.8. The summed E-state index contributed by atoms with van der Waals surface area (Å²) < 4.78 is 5.95. The number of amides is 2. The molecule has 0 aliphatic heterocycles. The zero-order valence-corrected chi connectivity index (χ0v) is 12.1. The molecule has 19 heavy (non-hydrogen) atoms. The number of thiazole rings is 1. The number of ether oxygens (including phenoxy) is 1. The van der Waals surface area contributed by atoms with Crippen molar-refractivity contribution in [3.63, 3.8) is 0 Å². The number of aromatic nitrogens is 1. The van der Waals surface area contributed by atoms with E-state index in [1.165, 1.54) is 16.9 Å². The molecule has 2 amide bonds. The minimum Gasteiger partial charge on any atom is -0.383 e. The highest BCUT2D eigenvalue weighted by Crippen LogP contribution is 2.29. The Labute approximate surface area is 116 Å². The Hall–Kier alpha value is -1.66. The molecule has 0 saturated carbocycles. The molecule has 0 aliphatic rings. The van der Waals surface area contributed by atoms with Gasteiger partial charge in [0, 0.05) is 13.7 Å². The predicted molar refractivity (Wildman–Crippen MR) is 78.0 cm³/mol. The van der Waals surface area contributed by atoms with Gasteiger partial charge in [-0.2, -0.15) is 0 Å². The van der Waals surface area contributed by atoms with Crippen LogP contribution in [0.15, 0.2) is 12.1 Å². The molecule has 102 valence electrons. The first-order chi connectivity index (χ1) is 9.10. The summed E-state index contributed by atoms with van der Waals surface area (Å²) in [5.74, 6) is 0. The maximum atomic E-state index is 11.6. The van der Waals surface area contributed by atoms with Gasteiger partial charge in [-0.25, -0.2) is 9.78 Å². The lowest BCUT2D eigenvalue weighted by atomic mass is 10.1. The first-order valence-corrected chi connectivity index (χ1v) is 6.83. The van der Waals surface area contributed by atoms with Crippen molar-refractivity contribution in [3.8, 4) is 0 Å². The Morgan fingerprint density at radius 2 is 2.21 bits per heavy atom. The van der Waals surface area contributed by atoms with E-state index in [4.69, 9.17) is 4.74 Å². The molecule has 0 atom stereocenters. The zero-order valence-electron chi connectivity index (χ0n) is 11.2. The summed E-state index contributed by atoms with van der Waals surface area (Å²) in [6.45, 7) is 5.05. The summed E-state index contributed by atoms with van der Waals surface area (Å²) in [5, 5.41) is 6.04. The number of methoxy groups -OCH3 is 1. The van der Waals surface area contributed by atoms with Gasteiger partial charge in [-0.15, -0.1) is 0 Å². The van der Waals surface area contributed by atoms with Crippen molar-refractivity contribution < 1.29 is 9.53 Å². The number of urea groups is 1. The predicted octanol–water partition coefficient (Wildman–Crippen LogP) is 2.68. The molecule has 2 aromatic rings. The third kappa shape index (κ3) is 3.42. The van der Waals surface area contributed by atoms with E-state index in [-0.39, 0.29) is 6.03 Å². The number of anilines is 1. The van der Waals surface area contributed by atoms with Gasteiger partial charge in [0.15, 0.2) is 5.13 Å². The van der Waals surface area contributed by atoms with Crippen LogP contribution >= 0.6 is 11.3 Å². The van der Waals surface area contributed by atoms with Gasteiger partial charge in [-0.3, -0.25) is 5.32 Å². The average Bonchev–Trinajstić information content (AvgIpc) is 2.72. The largest absolute Gasteiger partial charge is 0.383 e. The third-order valence-electron chi connectivity index (χ3n) is 2.64. The highest BCUT2D eigenvalue weighted by atomic mass is 32.1. The molecule has 1 heterocycles. The van der Waals surface area contributed by atoms with Gasteiger partial charge in [0.25, 0.3) is 0 Å². The van der Waals surface area contributed by atoms with Crippen LogP contribution in [0, 0.1) is 13.8 Å². The van der Waals surface area contributed by atoms with Crippen LogP contribution in [0.25, 0.3) is 10.2 Å². The summed E-state index contributed by atoms with van der Waals surface area (Å²) >= 11 is 1.48. The van der Waals surface area contributed by atoms with Crippen molar-refractivity contribution in [2.24, 2.45) is 0 Å². The summed E-state index contributed by atoms with van der Waals surface area (Å²) in [4.78, 5) is 16.0. The number of fused-ring (bicyclic) bond motifs is 1. The number of aryl methyl sites for hydroxylation is 2. The minimum atomic E-state index is -0.259. The molecule has 0 bridgehead atoms. The number of hydrogen-bond donors (Lipinski definition) is 2. The summed E-state index contributed by atoms with van der Waals surface area (Å²) in [6.07, 6.45) is 0. The van der Waals surface area contributed by atoms with Crippen LogP contribution in [0.3, 0.4) is 0 Å². The number of rotatable bonds is 4. The Balaban J connectivity index is 2.09. The van der Waals surface area contributed by atoms with Crippen molar-refractivity contribution in [2.75, 3.05) is 25.6 Å². The van der Waals surface area contributed by atoms with Crippen LogP contribution in [0.2, 0.25) is 0 Å². The fourth-order valence-corrected chi connectivity index (χ4v) is 2.87. The summed E-state index contributed by atoms with van der Waals surface area (Å²) in [6, 6.07) is 3.91. The topological polar surface area (TPSA) is 63.2 Å². The van der Waals surface area contributed by atoms with Crippen LogP contribution in [0.5, 0.6) is 0 Å². The second-order valence-electron chi connectivity index (χ2n) is 4.32. The van der Waals surface area contributed by atoms with E-state index in [0.717, 1.165) is 15.8 Å². The van der Waals surface area contributed by atoms with Gasteiger partial charge in [-0.05, 0) is 31.0 Å². The number of nitrogens with zero attached hydrogens (tertiary/aromatic N) is 1. The molecule has 5 nitrogen and oxygen atoms in total. The van der Waals surface area contributed by atoms with E-state index in [1.807, 2.05) is 6.92 Å².